The summed E-state index contributed by atoms with van der Waals surface area (Å²) in [6.07, 6.45) is 1.74. The second-order valence-electron chi connectivity index (χ2n) is 3.83. The lowest BCUT2D eigenvalue weighted by atomic mass is 10.2. The van der Waals surface area contributed by atoms with Gasteiger partial charge in [0.2, 0.25) is 0 Å². The van der Waals surface area contributed by atoms with Crippen LogP contribution in [0.25, 0.3) is 11.4 Å². The Kier molecular flexibility index (Phi) is 2.60. The molecule has 0 bridgehead atoms. The normalized spacial score (nSPS) is 10.5. The van der Waals surface area contributed by atoms with Crippen LogP contribution in [0.5, 0.6) is 0 Å². The van der Waals surface area contributed by atoms with Crippen molar-refractivity contribution in [2.45, 2.75) is 13.8 Å². The highest BCUT2D eigenvalue weighted by atomic mass is 16.5. The molecule has 0 N–H and O–H groups in total. The third kappa shape index (κ3) is 1.76. The number of hydrogen-bond donors (Lipinski definition) is 0. The molecule has 2 rings (SSSR count). The highest BCUT2D eigenvalue weighted by Gasteiger charge is 2.14. The Balaban J connectivity index is 2.52. The molecule has 0 radical (unpaired) electrons. The number of nitrogens with zero attached hydrogens (tertiary/aromatic N) is 4. The van der Waals surface area contributed by atoms with Crippen LogP contribution >= 0.6 is 0 Å². The van der Waals surface area contributed by atoms with Gasteiger partial charge in [-0.15, -0.1) is 0 Å². The number of rotatable bonds is 2. The molecule has 84 valence electrons. The molecule has 2 heterocycles. The van der Waals surface area contributed by atoms with E-state index < -0.39 is 0 Å². The molecule has 5 nitrogen and oxygen atoms in total. The molecule has 2 aromatic heterocycles. The minimum Gasteiger partial charge on any atom is -0.363 e. The second kappa shape index (κ2) is 3.92. The summed E-state index contributed by atoms with van der Waals surface area (Å²) in [4.78, 5) is 10.6. The van der Waals surface area contributed by atoms with Crippen molar-refractivity contribution >= 4 is 5.82 Å². The van der Waals surface area contributed by atoms with Gasteiger partial charge in [0.15, 0.2) is 5.82 Å². The zero-order chi connectivity index (χ0) is 11.7. The largest absolute Gasteiger partial charge is 0.363 e. The number of aromatic nitrogens is 3. The highest BCUT2D eigenvalue weighted by Crippen LogP contribution is 2.24. The topological polar surface area (TPSA) is 55.1 Å². The summed E-state index contributed by atoms with van der Waals surface area (Å²) in [6.45, 7) is 3.75. The highest BCUT2D eigenvalue weighted by molar-refractivity contribution is 5.61. The first-order valence-corrected chi connectivity index (χ1v) is 5.03. The molecular formula is C11H14N4O. The molecule has 0 saturated carbocycles. The van der Waals surface area contributed by atoms with Gasteiger partial charge in [-0.25, -0.2) is 9.97 Å². The Morgan fingerprint density at radius 2 is 2.00 bits per heavy atom. The maximum absolute atomic E-state index is 5.11. The Morgan fingerprint density at radius 3 is 2.56 bits per heavy atom. The molecular weight excluding hydrogens is 204 g/mol. The fraction of sp³-hybridized carbons (Fsp3) is 0.364. The van der Waals surface area contributed by atoms with Crippen molar-refractivity contribution in [2.75, 3.05) is 19.0 Å². The molecule has 0 atom stereocenters. The van der Waals surface area contributed by atoms with Crippen molar-refractivity contribution in [1.29, 1.82) is 0 Å². The van der Waals surface area contributed by atoms with Crippen LogP contribution in [-0.4, -0.2) is 29.2 Å². The molecule has 0 saturated heterocycles. The quantitative estimate of drug-likeness (QED) is 0.769. The van der Waals surface area contributed by atoms with E-state index in [1.54, 1.807) is 6.20 Å². The third-order valence-corrected chi connectivity index (χ3v) is 2.36. The smallest absolute Gasteiger partial charge is 0.166 e. The zero-order valence-corrected chi connectivity index (χ0v) is 9.85. The van der Waals surface area contributed by atoms with E-state index in [2.05, 4.69) is 15.1 Å². The summed E-state index contributed by atoms with van der Waals surface area (Å²) in [7, 11) is 3.89. The van der Waals surface area contributed by atoms with Crippen LogP contribution < -0.4 is 4.90 Å². The van der Waals surface area contributed by atoms with E-state index in [1.807, 2.05) is 38.9 Å². The van der Waals surface area contributed by atoms with Crippen molar-refractivity contribution in [3.63, 3.8) is 0 Å². The predicted molar refractivity (Wildman–Crippen MR) is 61.3 cm³/mol. The number of anilines is 1. The van der Waals surface area contributed by atoms with Gasteiger partial charge in [0.25, 0.3) is 0 Å². The SMILES string of the molecule is Cc1noc(C)c1-c1nccc(N(C)C)n1. The molecule has 2 aromatic rings. The van der Waals surface area contributed by atoms with E-state index in [1.165, 1.54) is 0 Å². The molecule has 0 aliphatic rings. The lowest BCUT2D eigenvalue weighted by Crippen LogP contribution is -2.11. The molecule has 0 fully saturated rings. The van der Waals surface area contributed by atoms with Crippen LogP contribution in [0.4, 0.5) is 5.82 Å². The lowest BCUT2D eigenvalue weighted by Gasteiger charge is -2.11. The molecule has 0 aliphatic heterocycles. The van der Waals surface area contributed by atoms with Gasteiger partial charge in [-0.2, -0.15) is 0 Å². The number of aryl methyl sites for hydroxylation is 2. The second-order valence-corrected chi connectivity index (χ2v) is 3.83. The van der Waals surface area contributed by atoms with E-state index in [-0.39, 0.29) is 0 Å². The van der Waals surface area contributed by atoms with Crippen LogP contribution in [0.2, 0.25) is 0 Å². The van der Waals surface area contributed by atoms with Gasteiger partial charge in [0, 0.05) is 20.3 Å². The van der Waals surface area contributed by atoms with Gasteiger partial charge in [0.1, 0.15) is 11.6 Å². The maximum Gasteiger partial charge on any atom is 0.166 e. The Morgan fingerprint density at radius 1 is 1.25 bits per heavy atom. The van der Waals surface area contributed by atoms with Crippen molar-refractivity contribution in [1.82, 2.24) is 15.1 Å². The maximum atomic E-state index is 5.11. The average Bonchev–Trinajstić information content (AvgIpc) is 2.59. The number of hydrogen-bond acceptors (Lipinski definition) is 5. The Hall–Kier alpha value is -1.91. The minimum atomic E-state index is 0.655. The van der Waals surface area contributed by atoms with Gasteiger partial charge in [0.05, 0.1) is 11.3 Å². The first-order chi connectivity index (χ1) is 7.59. The van der Waals surface area contributed by atoms with E-state index >= 15 is 0 Å². The molecule has 0 unspecified atom stereocenters. The average molecular weight is 218 g/mol. The van der Waals surface area contributed by atoms with E-state index in [0.717, 1.165) is 22.8 Å². The van der Waals surface area contributed by atoms with Gasteiger partial charge in [-0.05, 0) is 19.9 Å². The monoisotopic (exact) mass is 218 g/mol. The van der Waals surface area contributed by atoms with Gasteiger partial charge < -0.3 is 9.42 Å². The van der Waals surface area contributed by atoms with Crippen molar-refractivity contribution in [3.8, 4) is 11.4 Å². The van der Waals surface area contributed by atoms with Gasteiger partial charge >= 0.3 is 0 Å². The first kappa shape index (κ1) is 10.6. The predicted octanol–water partition coefficient (Wildman–Crippen LogP) is 1.81. The molecule has 5 heteroatoms. The van der Waals surface area contributed by atoms with Crippen LogP contribution in [0.15, 0.2) is 16.8 Å². The van der Waals surface area contributed by atoms with E-state index in [4.69, 9.17) is 4.52 Å². The summed E-state index contributed by atoms with van der Waals surface area (Å²) < 4.78 is 5.11. The van der Waals surface area contributed by atoms with Crippen molar-refractivity contribution in [3.05, 3.63) is 23.7 Å². The summed E-state index contributed by atoms with van der Waals surface area (Å²) in [5.74, 6) is 2.26. The molecule has 0 aromatic carbocycles. The van der Waals surface area contributed by atoms with E-state index in [9.17, 15) is 0 Å². The van der Waals surface area contributed by atoms with Crippen LogP contribution in [0.1, 0.15) is 11.5 Å². The molecule has 0 aliphatic carbocycles. The first-order valence-electron chi connectivity index (χ1n) is 5.03. The zero-order valence-electron chi connectivity index (χ0n) is 9.85. The summed E-state index contributed by atoms with van der Waals surface area (Å²) in [5.41, 5.74) is 1.69. The molecule has 0 amide bonds. The summed E-state index contributed by atoms with van der Waals surface area (Å²) in [5, 5.41) is 3.90. The van der Waals surface area contributed by atoms with Crippen LogP contribution in [-0.2, 0) is 0 Å². The molecule has 16 heavy (non-hydrogen) atoms. The van der Waals surface area contributed by atoms with Gasteiger partial charge in [-0.1, -0.05) is 5.16 Å². The van der Waals surface area contributed by atoms with Crippen molar-refractivity contribution in [2.24, 2.45) is 0 Å². The summed E-state index contributed by atoms with van der Waals surface area (Å²) in [6, 6.07) is 1.86. The fourth-order valence-corrected chi connectivity index (χ4v) is 1.52. The minimum absolute atomic E-state index is 0.655. The van der Waals surface area contributed by atoms with Gasteiger partial charge in [-0.3, -0.25) is 0 Å². The summed E-state index contributed by atoms with van der Waals surface area (Å²) >= 11 is 0. The van der Waals surface area contributed by atoms with E-state index in [0.29, 0.717) is 5.82 Å². The molecule has 0 spiro atoms. The lowest BCUT2D eigenvalue weighted by molar-refractivity contribution is 0.393. The van der Waals surface area contributed by atoms with Crippen LogP contribution in [0, 0.1) is 13.8 Å². The Labute approximate surface area is 94.1 Å². The van der Waals surface area contributed by atoms with Crippen molar-refractivity contribution < 1.29 is 4.52 Å². The fourth-order valence-electron chi connectivity index (χ4n) is 1.52. The third-order valence-electron chi connectivity index (χ3n) is 2.36. The standard InChI is InChI=1S/C11H14N4O/c1-7-10(8(2)16-14-7)11-12-6-5-9(13-11)15(3)4/h5-6H,1-4H3. The Bertz CT molecular complexity index is 485. The van der Waals surface area contributed by atoms with Crippen LogP contribution in [0.3, 0.4) is 0 Å².